The zero-order valence-corrected chi connectivity index (χ0v) is 12.8. The van der Waals surface area contributed by atoms with E-state index >= 15 is 0 Å². The van der Waals surface area contributed by atoms with Gasteiger partial charge in [0.2, 0.25) is 0 Å². The SMILES string of the molecule is CC(C)(C)[S@](=O)CCNC(=O)COc1ccccc1F. The number of benzene rings is 1. The molecule has 0 saturated carbocycles. The number of rotatable bonds is 6. The van der Waals surface area contributed by atoms with Crippen LogP contribution in [-0.4, -0.2) is 33.8 Å². The summed E-state index contributed by atoms with van der Waals surface area (Å²) in [5.74, 6) is -0.441. The van der Waals surface area contributed by atoms with Crippen molar-refractivity contribution in [2.24, 2.45) is 0 Å². The molecule has 0 bridgehead atoms. The molecule has 0 fully saturated rings. The molecule has 0 heterocycles. The summed E-state index contributed by atoms with van der Waals surface area (Å²) in [5, 5.41) is 2.60. The maximum absolute atomic E-state index is 13.2. The van der Waals surface area contributed by atoms with Crippen LogP contribution >= 0.6 is 0 Å². The minimum absolute atomic E-state index is 0.0425. The summed E-state index contributed by atoms with van der Waals surface area (Å²) in [6.45, 7) is 5.69. The molecule has 0 aliphatic carbocycles. The standard InChI is InChI=1S/C14H20FNO3S/c1-14(2,3)20(18)9-8-16-13(17)10-19-12-7-5-4-6-11(12)15/h4-7H,8-10H2,1-3H3,(H,16,17)/t20-/m1/s1. The Hall–Kier alpha value is -1.43. The molecule has 0 spiro atoms. The molecule has 0 aliphatic rings. The van der Waals surface area contributed by atoms with Crippen LogP contribution in [0, 0.1) is 5.82 Å². The van der Waals surface area contributed by atoms with Gasteiger partial charge >= 0.3 is 0 Å². The zero-order chi connectivity index (χ0) is 15.2. The maximum Gasteiger partial charge on any atom is 0.257 e. The molecule has 0 saturated heterocycles. The van der Waals surface area contributed by atoms with Gasteiger partial charge in [-0.15, -0.1) is 0 Å². The minimum Gasteiger partial charge on any atom is -0.481 e. The molecule has 1 amide bonds. The number of hydrogen-bond acceptors (Lipinski definition) is 3. The van der Waals surface area contributed by atoms with Gasteiger partial charge in [-0.3, -0.25) is 9.00 Å². The summed E-state index contributed by atoms with van der Waals surface area (Å²) in [7, 11) is -1.01. The van der Waals surface area contributed by atoms with E-state index < -0.39 is 16.6 Å². The number of nitrogens with one attached hydrogen (secondary N) is 1. The lowest BCUT2D eigenvalue weighted by Gasteiger charge is -2.17. The lowest BCUT2D eigenvalue weighted by Crippen LogP contribution is -2.35. The van der Waals surface area contributed by atoms with Crippen LogP contribution in [0.1, 0.15) is 20.8 Å². The highest BCUT2D eigenvalue weighted by Crippen LogP contribution is 2.14. The van der Waals surface area contributed by atoms with Crippen LogP contribution in [0.4, 0.5) is 4.39 Å². The van der Waals surface area contributed by atoms with Crippen LogP contribution in [0.25, 0.3) is 0 Å². The molecule has 1 rings (SSSR count). The fourth-order valence-electron chi connectivity index (χ4n) is 1.35. The van der Waals surface area contributed by atoms with Crippen LogP contribution in [-0.2, 0) is 15.6 Å². The molecule has 0 aromatic heterocycles. The monoisotopic (exact) mass is 301 g/mol. The smallest absolute Gasteiger partial charge is 0.257 e. The Morgan fingerprint density at radius 3 is 2.60 bits per heavy atom. The van der Waals surface area contributed by atoms with Gasteiger partial charge in [-0.2, -0.15) is 0 Å². The predicted octanol–water partition coefficient (Wildman–Crippen LogP) is 1.87. The Kier molecular flexibility index (Phi) is 6.13. The molecule has 112 valence electrons. The highest BCUT2D eigenvalue weighted by molar-refractivity contribution is 7.86. The molecular weight excluding hydrogens is 281 g/mol. The Morgan fingerprint density at radius 1 is 1.35 bits per heavy atom. The van der Waals surface area contributed by atoms with Crippen molar-refractivity contribution in [2.75, 3.05) is 18.9 Å². The number of carbonyl (C=O) groups excluding carboxylic acids is 1. The Morgan fingerprint density at radius 2 is 2.00 bits per heavy atom. The van der Waals surface area contributed by atoms with Crippen molar-refractivity contribution < 1.29 is 18.1 Å². The summed E-state index contributed by atoms with van der Waals surface area (Å²) in [6.07, 6.45) is 0. The van der Waals surface area contributed by atoms with E-state index in [1.165, 1.54) is 12.1 Å². The predicted molar refractivity (Wildman–Crippen MR) is 77.7 cm³/mol. The first-order valence-corrected chi connectivity index (χ1v) is 7.65. The van der Waals surface area contributed by atoms with E-state index in [2.05, 4.69) is 5.32 Å². The molecular formula is C14H20FNO3S. The highest BCUT2D eigenvalue weighted by Gasteiger charge is 2.18. The van der Waals surface area contributed by atoms with Crippen LogP contribution in [0.2, 0.25) is 0 Å². The van der Waals surface area contributed by atoms with Gasteiger partial charge in [0, 0.05) is 27.8 Å². The van der Waals surface area contributed by atoms with E-state index in [4.69, 9.17) is 4.74 Å². The normalized spacial score (nSPS) is 12.8. The van der Waals surface area contributed by atoms with E-state index in [1.807, 2.05) is 20.8 Å². The fourth-order valence-corrected chi connectivity index (χ4v) is 2.25. The third-order valence-corrected chi connectivity index (χ3v) is 4.43. The van der Waals surface area contributed by atoms with Crippen LogP contribution in [0.5, 0.6) is 5.75 Å². The topological polar surface area (TPSA) is 55.4 Å². The second-order valence-corrected chi connectivity index (χ2v) is 7.56. The number of ether oxygens (including phenoxy) is 1. The molecule has 1 aromatic carbocycles. The van der Waals surface area contributed by atoms with Crippen molar-refractivity contribution in [3.63, 3.8) is 0 Å². The van der Waals surface area contributed by atoms with E-state index in [9.17, 15) is 13.4 Å². The number of halogens is 1. The number of para-hydroxylation sites is 1. The average molecular weight is 301 g/mol. The van der Waals surface area contributed by atoms with Gasteiger partial charge < -0.3 is 10.1 Å². The summed E-state index contributed by atoms with van der Waals surface area (Å²) < 4.78 is 29.7. The minimum atomic E-state index is -1.01. The quantitative estimate of drug-likeness (QED) is 0.872. The molecule has 6 heteroatoms. The molecule has 0 aliphatic heterocycles. The maximum atomic E-state index is 13.2. The number of hydrogen-bond donors (Lipinski definition) is 1. The van der Waals surface area contributed by atoms with Gasteiger partial charge in [0.25, 0.3) is 5.91 Å². The second-order valence-electron chi connectivity index (χ2n) is 5.23. The van der Waals surface area contributed by atoms with Gasteiger partial charge in [0.1, 0.15) is 0 Å². The van der Waals surface area contributed by atoms with Crippen LogP contribution in [0.15, 0.2) is 24.3 Å². The van der Waals surface area contributed by atoms with Gasteiger partial charge in [-0.25, -0.2) is 4.39 Å². The molecule has 1 N–H and O–H groups in total. The van der Waals surface area contributed by atoms with Crippen molar-refractivity contribution in [3.8, 4) is 5.75 Å². The molecule has 20 heavy (non-hydrogen) atoms. The zero-order valence-electron chi connectivity index (χ0n) is 11.9. The Bertz CT molecular complexity index is 486. The summed E-state index contributed by atoms with van der Waals surface area (Å²) >= 11 is 0. The first-order chi connectivity index (χ1) is 9.30. The van der Waals surface area contributed by atoms with Crippen molar-refractivity contribution in [2.45, 2.75) is 25.5 Å². The Balaban J connectivity index is 2.28. The third kappa shape index (κ3) is 5.69. The lowest BCUT2D eigenvalue weighted by molar-refractivity contribution is -0.123. The van der Waals surface area contributed by atoms with E-state index in [0.29, 0.717) is 12.3 Å². The third-order valence-electron chi connectivity index (χ3n) is 2.49. The number of amides is 1. The molecule has 0 radical (unpaired) electrons. The van der Waals surface area contributed by atoms with Gasteiger partial charge in [-0.1, -0.05) is 12.1 Å². The fraction of sp³-hybridized carbons (Fsp3) is 0.500. The first kappa shape index (κ1) is 16.6. The van der Waals surface area contributed by atoms with Gasteiger partial charge in [0.05, 0.1) is 0 Å². The first-order valence-electron chi connectivity index (χ1n) is 6.33. The van der Waals surface area contributed by atoms with E-state index in [1.54, 1.807) is 12.1 Å². The second kappa shape index (κ2) is 7.38. The Labute approximate surface area is 121 Å². The van der Waals surface area contributed by atoms with E-state index in [-0.39, 0.29) is 23.0 Å². The molecule has 1 aromatic rings. The number of carbonyl (C=O) groups is 1. The van der Waals surface area contributed by atoms with Crippen molar-refractivity contribution in [3.05, 3.63) is 30.1 Å². The van der Waals surface area contributed by atoms with Crippen molar-refractivity contribution >= 4 is 16.7 Å². The molecule has 4 nitrogen and oxygen atoms in total. The molecule has 1 atom stereocenters. The summed E-state index contributed by atoms with van der Waals surface area (Å²) in [4.78, 5) is 11.5. The summed E-state index contributed by atoms with van der Waals surface area (Å²) in [5.41, 5.74) is 0. The highest BCUT2D eigenvalue weighted by atomic mass is 32.2. The van der Waals surface area contributed by atoms with E-state index in [0.717, 1.165) is 0 Å². The molecule has 0 unspecified atom stereocenters. The van der Waals surface area contributed by atoms with Gasteiger partial charge in [0.15, 0.2) is 18.2 Å². The largest absolute Gasteiger partial charge is 0.481 e. The summed E-state index contributed by atoms with van der Waals surface area (Å²) in [6, 6.07) is 5.89. The lowest BCUT2D eigenvalue weighted by atomic mass is 10.3. The van der Waals surface area contributed by atoms with Crippen LogP contribution < -0.4 is 10.1 Å². The van der Waals surface area contributed by atoms with Gasteiger partial charge in [-0.05, 0) is 32.9 Å². The van der Waals surface area contributed by atoms with Crippen LogP contribution in [0.3, 0.4) is 0 Å². The average Bonchev–Trinajstić information content (AvgIpc) is 2.36. The van der Waals surface area contributed by atoms with Crippen molar-refractivity contribution in [1.82, 2.24) is 5.32 Å². The van der Waals surface area contributed by atoms with Crippen molar-refractivity contribution in [1.29, 1.82) is 0 Å².